The van der Waals surface area contributed by atoms with Gasteiger partial charge in [-0.2, -0.15) is 0 Å². The number of ether oxygens (including phenoxy) is 1. The Balaban J connectivity index is 1.91. The van der Waals surface area contributed by atoms with E-state index in [-0.39, 0.29) is 17.6 Å². The van der Waals surface area contributed by atoms with Crippen molar-refractivity contribution in [1.82, 2.24) is 9.88 Å². The first-order chi connectivity index (χ1) is 12.4. The topological polar surface area (TPSA) is 68.5 Å². The van der Waals surface area contributed by atoms with Gasteiger partial charge in [0.05, 0.1) is 22.5 Å². The zero-order chi connectivity index (χ0) is 18.7. The zero-order valence-corrected chi connectivity index (χ0v) is 15.7. The molecule has 2 heterocycles. The lowest BCUT2D eigenvalue weighted by Gasteiger charge is -2.41. The second kappa shape index (κ2) is 7.46. The lowest BCUT2D eigenvalue weighted by molar-refractivity contribution is -0.0777. The maximum atomic E-state index is 13.3. The Bertz CT molecular complexity index is 774. The number of nitrogen functional groups attached to an aromatic ring is 1. The fourth-order valence-electron chi connectivity index (χ4n) is 3.67. The van der Waals surface area contributed by atoms with Crippen LogP contribution >= 0.6 is 0 Å². The Morgan fingerprint density at radius 1 is 1.31 bits per heavy atom. The van der Waals surface area contributed by atoms with Crippen LogP contribution in [0.3, 0.4) is 0 Å². The summed E-state index contributed by atoms with van der Waals surface area (Å²) in [6, 6.07) is 11.6. The fourth-order valence-corrected chi connectivity index (χ4v) is 3.67. The van der Waals surface area contributed by atoms with E-state index in [0.717, 1.165) is 18.4 Å². The molecule has 0 aliphatic carbocycles. The molecule has 1 aliphatic heterocycles. The van der Waals surface area contributed by atoms with Gasteiger partial charge in [-0.1, -0.05) is 30.3 Å². The van der Waals surface area contributed by atoms with Gasteiger partial charge in [-0.3, -0.25) is 9.78 Å². The molecule has 2 aromatic rings. The van der Waals surface area contributed by atoms with E-state index in [1.807, 2.05) is 42.2 Å². The Hall–Kier alpha value is -2.40. The Kier molecular flexibility index (Phi) is 5.28. The van der Waals surface area contributed by atoms with Crippen molar-refractivity contribution >= 4 is 11.6 Å². The Morgan fingerprint density at radius 3 is 2.69 bits per heavy atom. The first-order valence-corrected chi connectivity index (χ1v) is 9.18. The quantitative estimate of drug-likeness (QED) is 0.909. The summed E-state index contributed by atoms with van der Waals surface area (Å²) in [5.74, 6) is -0.0349. The first-order valence-electron chi connectivity index (χ1n) is 9.18. The van der Waals surface area contributed by atoms with Crippen LogP contribution in [0, 0.1) is 0 Å². The number of hydrogen-bond donors (Lipinski definition) is 1. The van der Waals surface area contributed by atoms with Crippen molar-refractivity contribution in [3.05, 3.63) is 48.2 Å². The minimum atomic E-state index is -0.213. The molecule has 0 spiro atoms. The van der Waals surface area contributed by atoms with Crippen molar-refractivity contribution in [2.45, 2.75) is 45.3 Å². The second-order valence-electron chi connectivity index (χ2n) is 7.33. The smallest absolute Gasteiger partial charge is 0.256 e. The number of nitrogens with two attached hydrogens (primary N) is 1. The number of aromatic nitrogens is 1. The molecule has 0 saturated carbocycles. The van der Waals surface area contributed by atoms with Crippen LogP contribution in [-0.2, 0) is 4.74 Å². The highest BCUT2D eigenvalue weighted by atomic mass is 16.5. The molecule has 1 unspecified atom stereocenters. The number of anilines is 1. The van der Waals surface area contributed by atoms with E-state index in [0.29, 0.717) is 30.1 Å². The highest BCUT2D eigenvalue weighted by Gasteiger charge is 2.34. The second-order valence-corrected chi connectivity index (χ2v) is 7.33. The summed E-state index contributed by atoms with van der Waals surface area (Å²) in [4.78, 5) is 19.6. The van der Waals surface area contributed by atoms with Crippen molar-refractivity contribution < 1.29 is 9.53 Å². The predicted octanol–water partition coefficient (Wildman–Crippen LogP) is 3.75. The summed E-state index contributed by atoms with van der Waals surface area (Å²) >= 11 is 0. The van der Waals surface area contributed by atoms with Gasteiger partial charge in [-0.15, -0.1) is 0 Å². The van der Waals surface area contributed by atoms with Crippen molar-refractivity contribution in [2.24, 2.45) is 0 Å². The zero-order valence-electron chi connectivity index (χ0n) is 15.7. The van der Waals surface area contributed by atoms with Crippen molar-refractivity contribution in [2.75, 3.05) is 18.9 Å². The van der Waals surface area contributed by atoms with Gasteiger partial charge >= 0.3 is 0 Å². The number of carbonyl (C=O) groups is 1. The van der Waals surface area contributed by atoms with Gasteiger partial charge in [0.15, 0.2) is 0 Å². The van der Waals surface area contributed by atoms with Crippen LogP contribution < -0.4 is 5.73 Å². The predicted molar refractivity (Wildman–Crippen MR) is 104 cm³/mol. The summed E-state index contributed by atoms with van der Waals surface area (Å²) in [7, 11) is 0. The molecule has 0 bridgehead atoms. The lowest BCUT2D eigenvalue weighted by Crippen LogP contribution is -2.48. The third-order valence-electron chi connectivity index (χ3n) is 4.98. The molecule has 1 aromatic carbocycles. The molecule has 0 radical (unpaired) electrons. The molecule has 1 saturated heterocycles. The molecular weight excluding hydrogens is 326 g/mol. The van der Waals surface area contributed by atoms with E-state index in [4.69, 9.17) is 10.5 Å². The third kappa shape index (κ3) is 3.73. The van der Waals surface area contributed by atoms with E-state index in [1.165, 1.54) is 0 Å². The van der Waals surface area contributed by atoms with Gasteiger partial charge in [-0.25, -0.2) is 0 Å². The number of nitrogens with zero attached hydrogens (tertiary/aromatic N) is 2. The minimum absolute atomic E-state index is 0.0349. The van der Waals surface area contributed by atoms with Gasteiger partial charge in [-0.05, 0) is 39.7 Å². The monoisotopic (exact) mass is 353 g/mol. The van der Waals surface area contributed by atoms with E-state index in [9.17, 15) is 4.79 Å². The largest absolute Gasteiger partial charge is 0.396 e. The molecule has 26 heavy (non-hydrogen) atoms. The van der Waals surface area contributed by atoms with E-state index in [1.54, 1.807) is 12.3 Å². The lowest BCUT2D eigenvalue weighted by atomic mass is 9.92. The van der Waals surface area contributed by atoms with E-state index in [2.05, 4.69) is 18.8 Å². The molecule has 1 fully saturated rings. The summed E-state index contributed by atoms with van der Waals surface area (Å²) in [5, 5.41) is 0. The fraction of sp³-hybridized carbons (Fsp3) is 0.429. The summed E-state index contributed by atoms with van der Waals surface area (Å²) < 4.78 is 5.80. The van der Waals surface area contributed by atoms with Gasteiger partial charge in [0, 0.05) is 31.0 Å². The van der Waals surface area contributed by atoms with Crippen LogP contribution in [0.4, 0.5) is 5.69 Å². The highest BCUT2D eigenvalue weighted by molar-refractivity contribution is 6.02. The number of hydrogen-bond acceptors (Lipinski definition) is 4. The average Bonchev–Trinajstić information content (AvgIpc) is 2.62. The van der Waals surface area contributed by atoms with Crippen molar-refractivity contribution in [3.63, 3.8) is 0 Å². The molecule has 3 rings (SSSR count). The van der Waals surface area contributed by atoms with E-state index >= 15 is 0 Å². The molecule has 138 valence electrons. The average molecular weight is 353 g/mol. The first kappa shape index (κ1) is 18.4. The number of pyridine rings is 1. The summed E-state index contributed by atoms with van der Waals surface area (Å²) in [6.07, 6.45) is 3.33. The third-order valence-corrected chi connectivity index (χ3v) is 4.98. The molecular formula is C21H27N3O2. The SMILES string of the molecule is CCN(C(=O)c1ccnc(-c2ccccc2)c1N)C1CCOC(C)(C)C1. The van der Waals surface area contributed by atoms with Gasteiger partial charge < -0.3 is 15.4 Å². The molecule has 1 aliphatic rings. The summed E-state index contributed by atoms with van der Waals surface area (Å²) in [6.45, 7) is 7.47. The Morgan fingerprint density at radius 2 is 2.04 bits per heavy atom. The molecule has 1 atom stereocenters. The van der Waals surface area contributed by atoms with Gasteiger partial charge in [0.1, 0.15) is 0 Å². The molecule has 1 aromatic heterocycles. The van der Waals surface area contributed by atoms with E-state index < -0.39 is 0 Å². The molecule has 2 N–H and O–H groups in total. The van der Waals surface area contributed by atoms with Crippen LogP contribution in [0.25, 0.3) is 11.3 Å². The minimum Gasteiger partial charge on any atom is -0.396 e. The summed E-state index contributed by atoms with van der Waals surface area (Å²) in [5.41, 5.74) is 8.67. The molecule has 5 heteroatoms. The van der Waals surface area contributed by atoms with Gasteiger partial charge in [0.2, 0.25) is 0 Å². The number of benzene rings is 1. The highest BCUT2D eigenvalue weighted by Crippen LogP contribution is 2.31. The van der Waals surface area contributed by atoms with Crippen molar-refractivity contribution in [1.29, 1.82) is 0 Å². The van der Waals surface area contributed by atoms with Gasteiger partial charge in [0.25, 0.3) is 5.91 Å². The maximum absolute atomic E-state index is 13.3. The number of carbonyl (C=O) groups excluding carboxylic acids is 1. The Labute approximate surface area is 155 Å². The van der Waals surface area contributed by atoms with Crippen LogP contribution in [0.15, 0.2) is 42.6 Å². The maximum Gasteiger partial charge on any atom is 0.256 e. The molecule has 5 nitrogen and oxygen atoms in total. The van der Waals surface area contributed by atoms with Crippen molar-refractivity contribution in [3.8, 4) is 11.3 Å². The van der Waals surface area contributed by atoms with Crippen LogP contribution in [0.1, 0.15) is 44.0 Å². The number of amides is 1. The van der Waals surface area contributed by atoms with Crippen LogP contribution in [-0.4, -0.2) is 40.6 Å². The van der Waals surface area contributed by atoms with Crippen LogP contribution in [0.2, 0.25) is 0 Å². The standard InChI is InChI=1S/C21H27N3O2/c1-4-24(16-11-13-26-21(2,3)14-16)20(25)17-10-12-23-19(18(17)22)15-8-6-5-7-9-15/h5-10,12,16H,4,11,13-14,22H2,1-3H3. The normalized spacial score (nSPS) is 19.1. The molecule has 1 amide bonds. The number of rotatable bonds is 4. The van der Waals surface area contributed by atoms with Crippen LogP contribution in [0.5, 0.6) is 0 Å².